The molecule has 5 nitrogen and oxygen atoms in total. The third-order valence-corrected chi connectivity index (χ3v) is 6.68. The molecular formula is C24H32N4O. The Bertz CT molecular complexity index is 871. The standard InChI is InChI=1S/C24H32N4O/c1-16(29)18-9-10-20-15-28(12-11-19(20)13-18)23-14-22(25-21-5-3-2-4-6-21)26-24(27-23)17-7-8-17/h9-10,13-14,16-17,21,29H,2-8,11-12,15H2,1H3,(H,25,26,27)/t16-/m1/s1. The maximum absolute atomic E-state index is 9.87. The minimum absolute atomic E-state index is 0.408. The van der Waals surface area contributed by atoms with Crippen molar-refractivity contribution < 1.29 is 5.11 Å². The average molecular weight is 393 g/mol. The van der Waals surface area contributed by atoms with Crippen LogP contribution in [0.15, 0.2) is 24.3 Å². The van der Waals surface area contributed by atoms with Gasteiger partial charge in [-0.05, 0) is 55.7 Å². The second-order valence-electron chi connectivity index (χ2n) is 9.10. The SMILES string of the molecule is C[C@@H](O)c1ccc2c(c1)CCN(c1cc(NC3CCCCC3)nc(C3CC3)n1)C2. The predicted molar refractivity (Wildman–Crippen MR) is 116 cm³/mol. The van der Waals surface area contributed by atoms with Gasteiger partial charge in [0.25, 0.3) is 0 Å². The van der Waals surface area contributed by atoms with E-state index in [9.17, 15) is 5.11 Å². The quantitative estimate of drug-likeness (QED) is 0.771. The summed E-state index contributed by atoms with van der Waals surface area (Å²) in [5.41, 5.74) is 3.71. The van der Waals surface area contributed by atoms with E-state index in [-0.39, 0.29) is 0 Å². The minimum Gasteiger partial charge on any atom is -0.389 e. The molecule has 0 bridgehead atoms. The first-order chi connectivity index (χ1) is 14.2. The van der Waals surface area contributed by atoms with E-state index in [1.54, 1.807) is 0 Å². The number of aliphatic hydroxyl groups excluding tert-OH is 1. The van der Waals surface area contributed by atoms with Crippen LogP contribution in [0.1, 0.15) is 86.4 Å². The number of hydrogen-bond acceptors (Lipinski definition) is 5. The van der Waals surface area contributed by atoms with Crippen LogP contribution < -0.4 is 10.2 Å². The topological polar surface area (TPSA) is 61.3 Å². The molecule has 2 saturated carbocycles. The van der Waals surface area contributed by atoms with Crippen molar-refractivity contribution >= 4 is 11.6 Å². The molecule has 1 aromatic carbocycles. The number of nitrogens with one attached hydrogen (secondary N) is 1. The molecule has 5 heteroatoms. The lowest BCUT2D eigenvalue weighted by Crippen LogP contribution is -2.32. The van der Waals surface area contributed by atoms with Gasteiger partial charge in [0.2, 0.25) is 0 Å². The van der Waals surface area contributed by atoms with Crippen LogP contribution in [0.3, 0.4) is 0 Å². The summed E-state index contributed by atoms with van der Waals surface area (Å²) >= 11 is 0. The monoisotopic (exact) mass is 392 g/mol. The third-order valence-electron chi connectivity index (χ3n) is 6.68. The van der Waals surface area contributed by atoms with Crippen molar-refractivity contribution in [2.75, 3.05) is 16.8 Å². The molecule has 1 aromatic heterocycles. The Morgan fingerprint density at radius 2 is 1.86 bits per heavy atom. The number of fused-ring (bicyclic) bond motifs is 1. The van der Waals surface area contributed by atoms with Crippen LogP contribution in [0.2, 0.25) is 0 Å². The van der Waals surface area contributed by atoms with Crippen molar-refractivity contribution in [3.8, 4) is 0 Å². The summed E-state index contributed by atoms with van der Waals surface area (Å²) in [6.07, 6.45) is 9.53. The van der Waals surface area contributed by atoms with Crippen molar-refractivity contribution in [2.45, 2.75) is 82.9 Å². The Kier molecular flexibility index (Phi) is 5.17. The number of nitrogens with zero attached hydrogens (tertiary/aromatic N) is 3. The highest BCUT2D eigenvalue weighted by molar-refractivity contribution is 5.52. The van der Waals surface area contributed by atoms with Crippen LogP contribution in [-0.2, 0) is 13.0 Å². The highest BCUT2D eigenvalue weighted by Crippen LogP contribution is 2.39. The molecule has 29 heavy (non-hydrogen) atoms. The Balaban J connectivity index is 1.38. The molecule has 0 unspecified atom stereocenters. The summed E-state index contributed by atoms with van der Waals surface area (Å²) in [5.74, 6) is 3.65. The summed E-state index contributed by atoms with van der Waals surface area (Å²) in [7, 11) is 0. The fraction of sp³-hybridized carbons (Fsp3) is 0.583. The first-order valence-corrected chi connectivity index (χ1v) is 11.4. The van der Waals surface area contributed by atoms with E-state index >= 15 is 0 Å². The molecule has 5 rings (SSSR count). The summed E-state index contributed by atoms with van der Waals surface area (Å²) in [6, 6.07) is 9.12. The van der Waals surface area contributed by atoms with Crippen LogP contribution in [0.4, 0.5) is 11.6 Å². The van der Waals surface area contributed by atoms with Gasteiger partial charge < -0.3 is 15.3 Å². The number of benzene rings is 1. The normalized spacial score (nSPS) is 21.0. The molecule has 0 spiro atoms. The van der Waals surface area contributed by atoms with E-state index in [0.717, 1.165) is 42.5 Å². The fourth-order valence-corrected chi connectivity index (χ4v) is 4.70. The molecule has 0 amide bonds. The number of aromatic nitrogens is 2. The van der Waals surface area contributed by atoms with Crippen molar-refractivity contribution in [1.29, 1.82) is 0 Å². The highest BCUT2D eigenvalue weighted by Gasteiger charge is 2.29. The van der Waals surface area contributed by atoms with Gasteiger partial charge in [-0.15, -0.1) is 0 Å². The van der Waals surface area contributed by atoms with Crippen molar-refractivity contribution in [1.82, 2.24) is 9.97 Å². The minimum atomic E-state index is -0.408. The van der Waals surface area contributed by atoms with Crippen LogP contribution in [0.25, 0.3) is 0 Å². The summed E-state index contributed by atoms with van der Waals surface area (Å²) in [4.78, 5) is 12.2. The van der Waals surface area contributed by atoms with Crippen molar-refractivity contribution in [2.24, 2.45) is 0 Å². The maximum Gasteiger partial charge on any atom is 0.136 e. The average Bonchev–Trinajstić information content (AvgIpc) is 3.59. The van der Waals surface area contributed by atoms with Gasteiger partial charge in [0.1, 0.15) is 17.5 Å². The molecule has 1 atom stereocenters. The third kappa shape index (κ3) is 4.25. The van der Waals surface area contributed by atoms with Crippen LogP contribution in [0.5, 0.6) is 0 Å². The van der Waals surface area contributed by atoms with Crippen LogP contribution in [0, 0.1) is 0 Å². The zero-order chi connectivity index (χ0) is 19.8. The summed E-state index contributed by atoms with van der Waals surface area (Å²) < 4.78 is 0. The van der Waals surface area contributed by atoms with Gasteiger partial charge in [-0.2, -0.15) is 0 Å². The van der Waals surface area contributed by atoms with Gasteiger partial charge in [-0.1, -0.05) is 37.5 Å². The molecular weight excluding hydrogens is 360 g/mol. The number of hydrogen-bond donors (Lipinski definition) is 2. The van der Waals surface area contributed by atoms with Gasteiger partial charge in [-0.3, -0.25) is 0 Å². The lowest BCUT2D eigenvalue weighted by atomic mass is 9.95. The molecule has 2 aromatic rings. The van der Waals surface area contributed by atoms with Gasteiger partial charge >= 0.3 is 0 Å². The lowest BCUT2D eigenvalue weighted by Gasteiger charge is -2.31. The first-order valence-electron chi connectivity index (χ1n) is 11.4. The molecule has 2 N–H and O–H groups in total. The summed E-state index contributed by atoms with van der Waals surface area (Å²) in [5, 5.41) is 13.6. The van der Waals surface area contributed by atoms with E-state index in [1.807, 2.05) is 6.92 Å². The lowest BCUT2D eigenvalue weighted by molar-refractivity contribution is 0.199. The smallest absolute Gasteiger partial charge is 0.136 e. The molecule has 0 radical (unpaired) electrons. The van der Waals surface area contributed by atoms with Gasteiger partial charge in [0.15, 0.2) is 0 Å². The Morgan fingerprint density at radius 3 is 2.62 bits per heavy atom. The molecule has 0 saturated heterocycles. The van der Waals surface area contributed by atoms with Crippen molar-refractivity contribution in [3.63, 3.8) is 0 Å². The molecule has 154 valence electrons. The van der Waals surface area contributed by atoms with E-state index in [4.69, 9.17) is 9.97 Å². The highest BCUT2D eigenvalue weighted by atomic mass is 16.3. The van der Waals surface area contributed by atoms with Crippen molar-refractivity contribution in [3.05, 3.63) is 46.8 Å². The predicted octanol–water partition coefficient (Wildman–Crippen LogP) is 4.71. The fourth-order valence-electron chi connectivity index (χ4n) is 4.70. The second kappa shape index (κ2) is 7.94. The summed E-state index contributed by atoms with van der Waals surface area (Å²) in [6.45, 7) is 3.66. The number of rotatable bonds is 5. The van der Waals surface area contributed by atoms with Gasteiger partial charge in [0.05, 0.1) is 6.10 Å². The zero-order valence-electron chi connectivity index (χ0n) is 17.4. The van der Waals surface area contributed by atoms with E-state index in [2.05, 4.69) is 34.5 Å². The van der Waals surface area contributed by atoms with Crippen LogP contribution in [-0.4, -0.2) is 27.7 Å². The van der Waals surface area contributed by atoms with E-state index in [0.29, 0.717) is 12.0 Å². The Morgan fingerprint density at radius 1 is 1.03 bits per heavy atom. The Labute approximate surface area is 173 Å². The Hall–Kier alpha value is -2.14. The molecule has 2 aliphatic carbocycles. The number of anilines is 2. The van der Waals surface area contributed by atoms with Gasteiger partial charge in [0, 0.05) is 31.1 Å². The molecule has 3 aliphatic rings. The largest absolute Gasteiger partial charge is 0.389 e. The van der Waals surface area contributed by atoms with Crippen LogP contribution >= 0.6 is 0 Å². The van der Waals surface area contributed by atoms with E-state index < -0.39 is 6.10 Å². The second-order valence-corrected chi connectivity index (χ2v) is 9.10. The molecule has 2 fully saturated rings. The zero-order valence-corrected chi connectivity index (χ0v) is 17.4. The first kappa shape index (κ1) is 18.9. The molecule has 1 aliphatic heterocycles. The van der Waals surface area contributed by atoms with E-state index in [1.165, 1.54) is 56.1 Å². The van der Waals surface area contributed by atoms with Gasteiger partial charge in [-0.25, -0.2) is 9.97 Å². The number of aliphatic hydroxyl groups is 1. The molecule has 2 heterocycles. The maximum atomic E-state index is 9.87.